The molecule has 0 aromatic heterocycles. The van der Waals surface area contributed by atoms with Gasteiger partial charge in [-0.05, 0) is 24.8 Å². The predicted octanol–water partition coefficient (Wildman–Crippen LogP) is 2.45. The molecular formula is C15H19NO4. The summed E-state index contributed by atoms with van der Waals surface area (Å²) < 4.78 is 0. The topological polar surface area (TPSA) is 87.0 Å². The smallest absolute Gasteiger partial charge is 0.334 e. The van der Waals surface area contributed by atoms with Crippen LogP contribution in [0.2, 0.25) is 0 Å². The second-order valence-corrected chi connectivity index (χ2v) is 4.71. The van der Waals surface area contributed by atoms with Crippen molar-refractivity contribution < 1.29 is 19.8 Å². The summed E-state index contributed by atoms with van der Waals surface area (Å²) >= 11 is 0. The number of allylic oxidation sites excluding steroid dienone is 3. The number of hydrogen-bond acceptors (Lipinski definition) is 3. The van der Waals surface area contributed by atoms with Gasteiger partial charge in [-0.25, -0.2) is 9.59 Å². The first kappa shape index (κ1) is 15.9. The van der Waals surface area contributed by atoms with Crippen molar-refractivity contribution in [3.05, 3.63) is 36.5 Å². The van der Waals surface area contributed by atoms with E-state index in [4.69, 9.17) is 5.11 Å². The second-order valence-electron chi connectivity index (χ2n) is 4.71. The number of rotatable bonds is 7. The standard InChI is InChI=1S/C15H19NO4/c1-4-7-10-11(13(17)18)12(14(19)20)16-9-15(10,6-3)8-5-2/h4-5,9,12H,1-2,6-8H2,3H3,(H,17,18)(H,19,20). The first-order valence-electron chi connectivity index (χ1n) is 6.39. The van der Waals surface area contributed by atoms with E-state index in [0.717, 1.165) is 0 Å². The van der Waals surface area contributed by atoms with Crippen molar-refractivity contribution in [3.63, 3.8) is 0 Å². The molecule has 1 rings (SSSR count). The molecule has 0 saturated carbocycles. The van der Waals surface area contributed by atoms with Gasteiger partial charge in [-0.2, -0.15) is 0 Å². The molecule has 5 heteroatoms. The summed E-state index contributed by atoms with van der Waals surface area (Å²) in [5.41, 5.74) is -0.177. The lowest BCUT2D eigenvalue weighted by Gasteiger charge is -2.36. The van der Waals surface area contributed by atoms with E-state index in [1.165, 1.54) is 0 Å². The van der Waals surface area contributed by atoms with Crippen LogP contribution in [0.25, 0.3) is 0 Å². The number of aliphatic carboxylic acids is 2. The van der Waals surface area contributed by atoms with Crippen LogP contribution in [0.3, 0.4) is 0 Å². The lowest BCUT2D eigenvalue weighted by Crippen LogP contribution is -2.38. The monoisotopic (exact) mass is 277 g/mol. The molecule has 1 aliphatic rings. The fourth-order valence-corrected chi connectivity index (χ4v) is 2.58. The summed E-state index contributed by atoms with van der Waals surface area (Å²) in [5.74, 6) is -2.50. The minimum Gasteiger partial charge on any atom is -0.479 e. The van der Waals surface area contributed by atoms with Crippen molar-refractivity contribution in [1.29, 1.82) is 0 Å². The van der Waals surface area contributed by atoms with Crippen molar-refractivity contribution in [2.24, 2.45) is 10.4 Å². The van der Waals surface area contributed by atoms with Crippen LogP contribution >= 0.6 is 0 Å². The van der Waals surface area contributed by atoms with Gasteiger partial charge in [0.25, 0.3) is 0 Å². The molecule has 20 heavy (non-hydrogen) atoms. The molecule has 1 aliphatic heterocycles. The van der Waals surface area contributed by atoms with Crippen LogP contribution in [-0.2, 0) is 9.59 Å². The van der Waals surface area contributed by atoms with Gasteiger partial charge in [0.15, 0.2) is 6.04 Å². The highest BCUT2D eigenvalue weighted by Gasteiger charge is 2.41. The molecule has 0 radical (unpaired) electrons. The zero-order valence-electron chi connectivity index (χ0n) is 11.5. The van der Waals surface area contributed by atoms with Crippen molar-refractivity contribution in [2.75, 3.05) is 0 Å². The van der Waals surface area contributed by atoms with Gasteiger partial charge in [-0.3, -0.25) is 4.99 Å². The van der Waals surface area contributed by atoms with E-state index in [1.807, 2.05) is 6.92 Å². The molecule has 0 fully saturated rings. The van der Waals surface area contributed by atoms with E-state index >= 15 is 0 Å². The normalized spacial score (nSPS) is 25.4. The molecule has 0 saturated heterocycles. The molecule has 0 spiro atoms. The number of carbonyl (C=O) groups is 2. The Morgan fingerprint density at radius 1 is 1.40 bits per heavy atom. The maximum atomic E-state index is 11.5. The van der Waals surface area contributed by atoms with E-state index < -0.39 is 23.4 Å². The number of aliphatic imine (C=N–C) groups is 1. The summed E-state index contributed by atoms with van der Waals surface area (Å²) in [6.07, 6.45) is 6.30. The predicted molar refractivity (Wildman–Crippen MR) is 76.9 cm³/mol. The maximum absolute atomic E-state index is 11.5. The van der Waals surface area contributed by atoms with Crippen LogP contribution < -0.4 is 0 Å². The Morgan fingerprint density at radius 2 is 2.05 bits per heavy atom. The van der Waals surface area contributed by atoms with E-state index in [9.17, 15) is 14.7 Å². The van der Waals surface area contributed by atoms with Crippen molar-refractivity contribution >= 4 is 18.2 Å². The number of nitrogens with zero attached hydrogens (tertiary/aromatic N) is 1. The second kappa shape index (κ2) is 6.32. The molecule has 5 nitrogen and oxygen atoms in total. The molecule has 2 N–H and O–H groups in total. The Hall–Kier alpha value is -2.17. The lowest BCUT2D eigenvalue weighted by molar-refractivity contribution is -0.141. The fourth-order valence-electron chi connectivity index (χ4n) is 2.58. The van der Waals surface area contributed by atoms with Crippen LogP contribution in [0.1, 0.15) is 26.2 Å². The third kappa shape index (κ3) is 2.71. The third-order valence-electron chi connectivity index (χ3n) is 3.62. The van der Waals surface area contributed by atoms with Gasteiger partial charge < -0.3 is 10.2 Å². The van der Waals surface area contributed by atoms with Gasteiger partial charge in [-0.1, -0.05) is 19.1 Å². The van der Waals surface area contributed by atoms with Crippen molar-refractivity contribution in [1.82, 2.24) is 0 Å². The average Bonchev–Trinajstić information content (AvgIpc) is 2.40. The largest absolute Gasteiger partial charge is 0.479 e. The molecule has 2 atom stereocenters. The molecule has 108 valence electrons. The Kier molecular flexibility index (Phi) is 5.02. The van der Waals surface area contributed by atoms with Crippen molar-refractivity contribution in [3.8, 4) is 0 Å². The van der Waals surface area contributed by atoms with Crippen LogP contribution in [0, 0.1) is 5.41 Å². The zero-order chi connectivity index (χ0) is 15.3. The minimum absolute atomic E-state index is 0.149. The number of hydrogen-bond donors (Lipinski definition) is 2. The molecule has 0 aromatic rings. The van der Waals surface area contributed by atoms with Crippen LogP contribution in [0.5, 0.6) is 0 Å². The van der Waals surface area contributed by atoms with Gasteiger partial charge in [0.05, 0.1) is 5.57 Å². The Morgan fingerprint density at radius 3 is 2.45 bits per heavy atom. The van der Waals surface area contributed by atoms with Gasteiger partial charge in [0.1, 0.15) is 0 Å². The summed E-state index contributed by atoms with van der Waals surface area (Å²) in [6.45, 7) is 9.24. The lowest BCUT2D eigenvalue weighted by atomic mass is 9.70. The zero-order valence-corrected chi connectivity index (χ0v) is 11.5. The van der Waals surface area contributed by atoms with Crippen LogP contribution in [-0.4, -0.2) is 34.4 Å². The van der Waals surface area contributed by atoms with Crippen molar-refractivity contribution in [2.45, 2.75) is 32.2 Å². The van der Waals surface area contributed by atoms with Crippen LogP contribution in [0.15, 0.2) is 41.4 Å². The van der Waals surface area contributed by atoms with E-state index in [0.29, 0.717) is 24.8 Å². The summed E-state index contributed by atoms with van der Waals surface area (Å²) in [4.78, 5) is 26.7. The van der Waals surface area contributed by atoms with Gasteiger partial charge >= 0.3 is 11.9 Å². The van der Waals surface area contributed by atoms with E-state index in [-0.39, 0.29) is 5.57 Å². The Labute approximate surface area is 118 Å². The highest BCUT2D eigenvalue weighted by molar-refractivity contribution is 6.00. The first-order valence-corrected chi connectivity index (χ1v) is 6.39. The molecule has 2 unspecified atom stereocenters. The molecule has 0 amide bonds. The molecular weight excluding hydrogens is 258 g/mol. The molecule has 0 aromatic carbocycles. The van der Waals surface area contributed by atoms with Crippen LogP contribution in [0.4, 0.5) is 0 Å². The molecule has 0 bridgehead atoms. The third-order valence-corrected chi connectivity index (χ3v) is 3.62. The molecule has 1 heterocycles. The van der Waals surface area contributed by atoms with E-state index in [2.05, 4.69) is 18.2 Å². The maximum Gasteiger partial charge on any atom is 0.334 e. The van der Waals surface area contributed by atoms with E-state index in [1.54, 1.807) is 18.4 Å². The molecule has 0 aliphatic carbocycles. The quantitative estimate of drug-likeness (QED) is 0.700. The Balaban J connectivity index is 3.54. The number of carboxylic acid groups (broad SMARTS) is 2. The highest BCUT2D eigenvalue weighted by atomic mass is 16.4. The SMILES string of the molecule is C=CCC1=C(C(=O)O)C(C(=O)O)N=CC1(CC)CC=C. The average molecular weight is 277 g/mol. The summed E-state index contributed by atoms with van der Waals surface area (Å²) in [6, 6.07) is -1.35. The van der Waals surface area contributed by atoms with Gasteiger partial charge in [0.2, 0.25) is 0 Å². The minimum atomic E-state index is -1.35. The van der Waals surface area contributed by atoms with Gasteiger partial charge in [-0.15, -0.1) is 13.2 Å². The summed E-state index contributed by atoms with van der Waals surface area (Å²) in [7, 11) is 0. The summed E-state index contributed by atoms with van der Waals surface area (Å²) in [5, 5.41) is 18.6. The highest BCUT2D eigenvalue weighted by Crippen LogP contribution is 2.42. The fraction of sp³-hybridized carbons (Fsp3) is 0.400. The van der Waals surface area contributed by atoms with Gasteiger partial charge in [0, 0.05) is 11.6 Å². The Bertz CT molecular complexity index is 504. The number of carboxylic acids is 2. The number of dihydropyridines is 1. The first-order chi connectivity index (χ1) is 9.43.